The third-order valence-electron chi connectivity index (χ3n) is 4.58. The molecule has 1 atom stereocenters. The van der Waals surface area contributed by atoms with Crippen molar-refractivity contribution in [1.29, 1.82) is 0 Å². The minimum absolute atomic E-state index is 0.657. The second kappa shape index (κ2) is 2.98. The standard InChI is InChI=1S/C13H23N/c1-13(2)7-11(13)8-14-12(9-3-4-9)10-5-6-10/h9-12,14H,3-8H2,1-2H3. The van der Waals surface area contributed by atoms with Crippen LogP contribution in [0.25, 0.3) is 0 Å². The molecule has 0 saturated heterocycles. The van der Waals surface area contributed by atoms with Crippen molar-refractivity contribution in [3.05, 3.63) is 0 Å². The van der Waals surface area contributed by atoms with Gasteiger partial charge in [-0.2, -0.15) is 0 Å². The lowest BCUT2D eigenvalue weighted by atomic mass is 10.1. The fourth-order valence-electron chi connectivity index (χ4n) is 2.83. The van der Waals surface area contributed by atoms with Crippen molar-refractivity contribution in [3.8, 4) is 0 Å². The first-order valence-corrected chi connectivity index (χ1v) is 6.40. The van der Waals surface area contributed by atoms with Gasteiger partial charge in [-0.1, -0.05) is 13.8 Å². The molecule has 1 heteroatoms. The molecule has 0 bridgehead atoms. The number of hydrogen-bond donors (Lipinski definition) is 1. The summed E-state index contributed by atoms with van der Waals surface area (Å²) in [5.74, 6) is 3.09. The predicted molar refractivity (Wildman–Crippen MR) is 59.1 cm³/mol. The Balaban J connectivity index is 1.46. The van der Waals surface area contributed by atoms with Crippen LogP contribution in [0.5, 0.6) is 0 Å². The topological polar surface area (TPSA) is 12.0 Å². The van der Waals surface area contributed by atoms with E-state index in [0.717, 1.165) is 23.8 Å². The van der Waals surface area contributed by atoms with Crippen molar-refractivity contribution in [3.63, 3.8) is 0 Å². The molecule has 0 amide bonds. The molecular formula is C13H23N. The van der Waals surface area contributed by atoms with Crippen LogP contribution < -0.4 is 5.32 Å². The van der Waals surface area contributed by atoms with E-state index < -0.39 is 0 Å². The van der Waals surface area contributed by atoms with E-state index in [-0.39, 0.29) is 0 Å². The molecule has 3 aliphatic rings. The van der Waals surface area contributed by atoms with Gasteiger partial charge in [0.15, 0.2) is 0 Å². The molecular weight excluding hydrogens is 170 g/mol. The van der Waals surface area contributed by atoms with Gasteiger partial charge in [-0.25, -0.2) is 0 Å². The largest absolute Gasteiger partial charge is 0.313 e. The Hall–Kier alpha value is -0.0400. The summed E-state index contributed by atoms with van der Waals surface area (Å²) in [6.45, 7) is 6.11. The van der Waals surface area contributed by atoms with Crippen LogP contribution in [0.2, 0.25) is 0 Å². The van der Waals surface area contributed by atoms with Crippen LogP contribution in [-0.4, -0.2) is 12.6 Å². The molecule has 3 saturated carbocycles. The first kappa shape index (κ1) is 9.21. The highest BCUT2D eigenvalue weighted by Crippen LogP contribution is 2.52. The van der Waals surface area contributed by atoms with Crippen LogP contribution in [0.4, 0.5) is 0 Å². The fraction of sp³-hybridized carbons (Fsp3) is 1.00. The predicted octanol–water partition coefficient (Wildman–Crippen LogP) is 2.81. The summed E-state index contributed by atoms with van der Waals surface area (Å²) < 4.78 is 0. The van der Waals surface area contributed by atoms with E-state index >= 15 is 0 Å². The Morgan fingerprint density at radius 3 is 2.00 bits per heavy atom. The normalized spacial score (nSPS) is 34.9. The van der Waals surface area contributed by atoms with Crippen molar-refractivity contribution in [2.75, 3.05) is 6.54 Å². The monoisotopic (exact) mass is 193 g/mol. The van der Waals surface area contributed by atoms with Gasteiger partial charge in [-0.15, -0.1) is 0 Å². The summed E-state index contributed by atoms with van der Waals surface area (Å²) in [5.41, 5.74) is 0.657. The van der Waals surface area contributed by atoms with Gasteiger partial charge in [-0.3, -0.25) is 0 Å². The highest BCUT2D eigenvalue weighted by Gasteiger charge is 2.47. The molecule has 0 radical (unpaired) electrons. The Labute approximate surface area is 87.7 Å². The Morgan fingerprint density at radius 1 is 1.14 bits per heavy atom. The highest BCUT2D eigenvalue weighted by atomic mass is 15.0. The maximum Gasteiger partial charge on any atom is 0.0124 e. The van der Waals surface area contributed by atoms with E-state index in [1.54, 1.807) is 0 Å². The van der Waals surface area contributed by atoms with Crippen molar-refractivity contribution >= 4 is 0 Å². The smallest absolute Gasteiger partial charge is 0.0124 e. The molecule has 3 rings (SSSR count). The lowest BCUT2D eigenvalue weighted by molar-refractivity contribution is 0.393. The summed E-state index contributed by atoms with van der Waals surface area (Å²) in [4.78, 5) is 0. The summed E-state index contributed by atoms with van der Waals surface area (Å²) in [7, 11) is 0. The van der Waals surface area contributed by atoms with Gasteiger partial charge in [0, 0.05) is 6.04 Å². The molecule has 1 nitrogen and oxygen atoms in total. The van der Waals surface area contributed by atoms with E-state index in [9.17, 15) is 0 Å². The second-order valence-corrected chi connectivity index (χ2v) is 6.50. The molecule has 0 spiro atoms. The number of nitrogens with one attached hydrogen (secondary N) is 1. The average Bonchev–Trinajstić information content (AvgIpc) is 2.89. The van der Waals surface area contributed by atoms with Crippen LogP contribution in [0.3, 0.4) is 0 Å². The summed E-state index contributed by atoms with van der Waals surface area (Å²) >= 11 is 0. The van der Waals surface area contributed by atoms with Crippen molar-refractivity contribution in [1.82, 2.24) is 5.32 Å². The Bertz CT molecular complexity index is 213. The molecule has 80 valence electrons. The molecule has 0 aromatic rings. The van der Waals surface area contributed by atoms with Gasteiger partial charge >= 0.3 is 0 Å². The molecule has 0 aromatic heterocycles. The molecule has 3 fully saturated rings. The third-order valence-corrected chi connectivity index (χ3v) is 4.58. The zero-order chi connectivity index (χ0) is 9.76. The third kappa shape index (κ3) is 1.84. The van der Waals surface area contributed by atoms with Gasteiger partial charge in [0.05, 0.1) is 0 Å². The fourth-order valence-corrected chi connectivity index (χ4v) is 2.83. The summed E-state index contributed by atoms with van der Waals surface area (Å²) in [5, 5.41) is 3.86. The van der Waals surface area contributed by atoms with E-state index in [1.165, 1.54) is 38.6 Å². The highest BCUT2D eigenvalue weighted by molar-refractivity contribution is 5.00. The summed E-state index contributed by atoms with van der Waals surface area (Å²) in [6.07, 6.45) is 7.46. The van der Waals surface area contributed by atoms with Gasteiger partial charge in [0.25, 0.3) is 0 Å². The lowest BCUT2D eigenvalue weighted by Crippen LogP contribution is -2.35. The number of rotatable bonds is 5. The van der Waals surface area contributed by atoms with Crippen LogP contribution in [0.15, 0.2) is 0 Å². The van der Waals surface area contributed by atoms with E-state index in [2.05, 4.69) is 19.2 Å². The van der Waals surface area contributed by atoms with Gasteiger partial charge < -0.3 is 5.32 Å². The lowest BCUT2D eigenvalue weighted by Gasteiger charge is -2.18. The van der Waals surface area contributed by atoms with Crippen LogP contribution in [-0.2, 0) is 0 Å². The van der Waals surface area contributed by atoms with Crippen LogP contribution in [0.1, 0.15) is 46.0 Å². The van der Waals surface area contributed by atoms with Crippen molar-refractivity contribution in [2.45, 2.75) is 52.0 Å². The molecule has 1 unspecified atom stereocenters. The van der Waals surface area contributed by atoms with Crippen molar-refractivity contribution < 1.29 is 0 Å². The van der Waals surface area contributed by atoms with Crippen LogP contribution >= 0.6 is 0 Å². The van der Waals surface area contributed by atoms with Gasteiger partial charge in [0.1, 0.15) is 0 Å². The first-order chi connectivity index (χ1) is 6.67. The maximum atomic E-state index is 3.86. The first-order valence-electron chi connectivity index (χ1n) is 6.40. The van der Waals surface area contributed by atoms with E-state index in [0.29, 0.717) is 5.41 Å². The molecule has 0 aromatic carbocycles. The maximum absolute atomic E-state index is 3.86. The van der Waals surface area contributed by atoms with Gasteiger partial charge in [0.2, 0.25) is 0 Å². The molecule has 3 aliphatic carbocycles. The minimum Gasteiger partial charge on any atom is -0.313 e. The second-order valence-electron chi connectivity index (χ2n) is 6.50. The SMILES string of the molecule is CC1(C)CC1CNC(C1CC1)C1CC1. The van der Waals surface area contributed by atoms with E-state index in [1.807, 2.05) is 0 Å². The molecule has 0 heterocycles. The van der Waals surface area contributed by atoms with E-state index in [4.69, 9.17) is 0 Å². The molecule has 1 N–H and O–H groups in total. The van der Waals surface area contributed by atoms with Crippen molar-refractivity contribution in [2.24, 2.45) is 23.2 Å². The Kier molecular flexibility index (Phi) is 1.96. The minimum atomic E-state index is 0.657. The molecule has 0 aliphatic heterocycles. The quantitative estimate of drug-likeness (QED) is 0.708. The average molecular weight is 193 g/mol. The van der Waals surface area contributed by atoms with Gasteiger partial charge in [-0.05, 0) is 61.8 Å². The Morgan fingerprint density at radius 2 is 1.64 bits per heavy atom. The molecule has 14 heavy (non-hydrogen) atoms. The zero-order valence-corrected chi connectivity index (χ0v) is 9.55. The zero-order valence-electron chi connectivity index (χ0n) is 9.55. The van der Waals surface area contributed by atoms with Crippen LogP contribution in [0, 0.1) is 23.2 Å². The number of hydrogen-bond acceptors (Lipinski definition) is 1. The summed E-state index contributed by atoms with van der Waals surface area (Å²) in [6, 6.07) is 0.909.